The van der Waals surface area contributed by atoms with Crippen molar-refractivity contribution in [2.24, 2.45) is 0 Å². The van der Waals surface area contributed by atoms with E-state index in [4.69, 9.17) is 41.7 Å². The summed E-state index contributed by atoms with van der Waals surface area (Å²) in [7, 11) is -1.97. The van der Waals surface area contributed by atoms with E-state index in [0.717, 1.165) is 22.3 Å². The lowest BCUT2D eigenvalue weighted by molar-refractivity contribution is 0.334. The zero-order valence-electron chi connectivity index (χ0n) is 26.2. The van der Waals surface area contributed by atoms with Crippen molar-refractivity contribution in [3.05, 3.63) is 163 Å². The number of phenolic OH excluding ortho intramolecular Hbond substituents is 2. The molecule has 0 heterocycles. The summed E-state index contributed by atoms with van der Waals surface area (Å²) >= 11 is 10.8. The highest BCUT2D eigenvalue weighted by molar-refractivity contribution is 8.13. The molecule has 6 nitrogen and oxygen atoms in total. The van der Waals surface area contributed by atoms with Gasteiger partial charge in [-0.15, -0.1) is 0 Å². The minimum Gasteiger partial charge on any atom is -0.508 e. The average Bonchev–Trinajstić information content (AvgIpc) is 3.11. The Morgan fingerprint density at radius 3 is 1.20 bits per heavy atom. The first kappa shape index (κ1) is 39.2. The van der Waals surface area contributed by atoms with Crippen LogP contribution in [-0.2, 0) is 13.7 Å². The Balaban J connectivity index is 0.000000220. The number of aromatic hydroxyl groups is 2. The van der Waals surface area contributed by atoms with Crippen LogP contribution in [0, 0.1) is 6.92 Å². The van der Waals surface area contributed by atoms with E-state index in [9.17, 15) is 9.13 Å². The van der Waals surface area contributed by atoms with E-state index < -0.39 is 13.4 Å². The van der Waals surface area contributed by atoms with Crippen LogP contribution in [0.1, 0.15) is 13.0 Å². The maximum absolute atomic E-state index is 12.9. The van der Waals surface area contributed by atoms with Crippen LogP contribution in [0.2, 0.25) is 0 Å². The Bertz CT molecular complexity index is 1910. The van der Waals surface area contributed by atoms with E-state index in [0.29, 0.717) is 16.4 Å². The summed E-state index contributed by atoms with van der Waals surface area (Å²) in [4.78, 5) is 0. The molecule has 49 heavy (non-hydrogen) atoms. The lowest BCUT2D eigenvalue weighted by Crippen LogP contribution is -2.10. The van der Waals surface area contributed by atoms with Crippen LogP contribution in [0.3, 0.4) is 0 Å². The molecule has 0 saturated heterocycles. The second-order valence-electron chi connectivity index (χ2n) is 10.4. The van der Waals surface area contributed by atoms with Gasteiger partial charge in [-0.2, -0.15) is 0 Å². The molecular weight excluding hydrogens is 697 g/mol. The summed E-state index contributed by atoms with van der Waals surface area (Å²) in [5, 5.41) is 19.2. The zero-order valence-corrected chi connectivity index (χ0v) is 29.5. The van der Waals surface area contributed by atoms with E-state index in [-0.39, 0.29) is 18.9 Å². The molecule has 0 radical (unpaired) electrons. The molecule has 0 saturated carbocycles. The molecule has 0 fully saturated rings. The maximum Gasteiger partial charge on any atom is 0.410 e. The Morgan fingerprint density at radius 2 is 0.857 bits per heavy atom. The summed E-state index contributed by atoms with van der Waals surface area (Å²) in [5.41, 5.74) is 5.47. The van der Waals surface area contributed by atoms with Gasteiger partial charge in [0.15, 0.2) is 0 Å². The predicted molar refractivity (Wildman–Crippen MR) is 205 cm³/mol. The largest absolute Gasteiger partial charge is 0.508 e. The number of hydrogen-bond acceptors (Lipinski definition) is 6. The Morgan fingerprint density at radius 1 is 0.510 bits per heavy atom. The lowest BCUT2D eigenvalue weighted by Gasteiger charge is -2.17. The fraction of sp³-hybridized carbons (Fsp3) is 0.0769. The van der Waals surface area contributed by atoms with Gasteiger partial charge in [0.2, 0.25) is 0 Å². The molecule has 1 atom stereocenters. The van der Waals surface area contributed by atoms with E-state index in [2.05, 4.69) is 31.2 Å². The first-order valence-corrected chi connectivity index (χ1v) is 19.7. The van der Waals surface area contributed by atoms with Gasteiger partial charge in [-0.1, -0.05) is 110 Å². The van der Waals surface area contributed by atoms with Gasteiger partial charge in [-0.05, 0) is 112 Å². The van der Waals surface area contributed by atoms with E-state index >= 15 is 0 Å². The second kappa shape index (κ2) is 18.5. The van der Waals surface area contributed by atoms with Gasteiger partial charge in [-0.25, -0.2) is 4.57 Å². The normalized spacial score (nSPS) is 11.7. The smallest absolute Gasteiger partial charge is 0.410 e. The van der Waals surface area contributed by atoms with Gasteiger partial charge < -0.3 is 14.7 Å². The molecule has 2 N–H and O–H groups in total. The maximum atomic E-state index is 12.9. The van der Waals surface area contributed by atoms with Crippen molar-refractivity contribution in [1.82, 2.24) is 0 Å². The number of benzene rings is 6. The molecule has 0 spiro atoms. The third-order valence-electron chi connectivity index (χ3n) is 6.90. The molecule has 0 amide bonds. The third kappa shape index (κ3) is 12.0. The van der Waals surface area contributed by atoms with Crippen molar-refractivity contribution in [1.29, 1.82) is 0 Å². The van der Waals surface area contributed by atoms with Crippen LogP contribution in [-0.4, -0.2) is 17.3 Å². The summed E-state index contributed by atoms with van der Waals surface area (Å²) < 4.78 is 34.7. The van der Waals surface area contributed by atoms with Crippen molar-refractivity contribution < 1.29 is 28.4 Å². The topological polar surface area (TPSA) is 93.1 Å². The van der Waals surface area contributed by atoms with Crippen LogP contribution in [0.25, 0.3) is 22.3 Å². The van der Waals surface area contributed by atoms with Crippen LogP contribution in [0.5, 0.6) is 17.2 Å². The molecule has 0 aliphatic heterocycles. The lowest BCUT2D eigenvalue weighted by atomic mass is 10.0. The molecule has 6 aromatic rings. The Kier molecular flexibility index (Phi) is 14.8. The number of hydrogen-bond donors (Lipinski definition) is 2. The summed E-state index contributed by atoms with van der Waals surface area (Å²) in [6, 6.07) is 47.3. The van der Waals surface area contributed by atoms with Crippen LogP contribution in [0.4, 0.5) is 0 Å². The van der Waals surface area contributed by atoms with E-state index in [1.54, 1.807) is 60.7 Å². The number of halogens is 2. The fourth-order valence-corrected chi connectivity index (χ4v) is 6.83. The van der Waals surface area contributed by atoms with Gasteiger partial charge in [0.1, 0.15) is 17.2 Å². The minimum atomic E-state index is -3.37. The van der Waals surface area contributed by atoms with E-state index in [1.807, 2.05) is 72.8 Å². The number of phenols is 2. The highest BCUT2D eigenvalue weighted by atomic mass is 35.9. The quantitative estimate of drug-likeness (QED) is 0.159. The number of rotatable bonds is 7. The first-order chi connectivity index (χ1) is 23.0. The summed E-state index contributed by atoms with van der Waals surface area (Å²) in [6.45, 7) is 2.06. The second-order valence-corrected chi connectivity index (χ2v) is 17.3. The van der Waals surface area contributed by atoms with Gasteiger partial charge in [-0.3, -0.25) is 9.09 Å². The number of aryl methyl sites for hydroxylation is 1. The summed E-state index contributed by atoms with van der Waals surface area (Å²) in [6.07, 6.45) is 0. The fourth-order valence-electron chi connectivity index (χ4n) is 4.31. The third-order valence-corrected chi connectivity index (χ3v) is 10.8. The molecule has 10 heteroatoms. The Hall–Kier alpha value is -4.28. The van der Waals surface area contributed by atoms with Gasteiger partial charge in [0, 0.05) is 12.4 Å². The highest BCUT2D eigenvalue weighted by Gasteiger charge is 2.27. The van der Waals surface area contributed by atoms with Crippen LogP contribution >= 0.6 is 35.9 Å². The molecule has 0 aliphatic rings. The van der Waals surface area contributed by atoms with Crippen molar-refractivity contribution in [2.75, 3.05) is 7.11 Å². The molecule has 6 aromatic carbocycles. The monoisotopic (exact) mass is 734 g/mol. The van der Waals surface area contributed by atoms with Gasteiger partial charge in [0.25, 0.3) is 5.85 Å². The standard InChI is InChI=1S/C20H19O3P.C12H10O2.C6H5Cl2OP.CH4/c1-16-8-10-17(11-9-16)18-12-14-19(15-13-18)23-24(21,22-2)20-6-4-3-5-7-20;13-11-5-1-9(2-6-11)10-3-7-12(14)8-4-10;7-10(8,9)6-4-2-1-3-5-6;/h3-15H,1-2H3;1-8,13-14H;1-5H;1H4. The van der Waals surface area contributed by atoms with E-state index in [1.165, 1.54) is 12.7 Å². The first-order valence-electron chi connectivity index (χ1n) is 14.7. The highest BCUT2D eigenvalue weighted by Crippen LogP contribution is 2.55. The SMILES string of the molecule is C.COP(=O)(Oc1ccc(-c2ccc(C)cc2)cc1)c1ccccc1.O=P(Cl)(Cl)c1ccccc1.Oc1ccc(-c2ccc(O)cc2)cc1. The van der Waals surface area contributed by atoms with Gasteiger partial charge in [0.05, 0.1) is 5.30 Å². The zero-order chi connectivity index (χ0) is 34.6. The molecule has 0 aromatic heterocycles. The van der Waals surface area contributed by atoms with Crippen LogP contribution < -0.4 is 15.1 Å². The average molecular weight is 736 g/mol. The molecule has 0 aliphatic carbocycles. The minimum absolute atomic E-state index is 0. The molecule has 6 rings (SSSR count). The molecule has 254 valence electrons. The predicted octanol–water partition coefficient (Wildman–Crippen LogP) is 11.6. The van der Waals surface area contributed by atoms with Crippen molar-refractivity contribution in [3.8, 4) is 39.5 Å². The van der Waals surface area contributed by atoms with Crippen molar-refractivity contribution in [3.63, 3.8) is 0 Å². The van der Waals surface area contributed by atoms with Crippen LogP contribution in [0.15, 0.2) is 158 Å². The van der Waals surface area contributed by atoms with Gasteiger partial charge >= 0.3 is 7.60 Å². The van der Waals surface area contributed by atoms with Crippen molar-refractivity contribution >= 4 is 46.5 Å². The Labute approximate surface area is 298 Å². The molecular formula is C39H38Cl2O6P2. The summed E-state index contributed by atoms with van der Waals surface area (Å²) in [5.74, 6) is -2.05. The molecule has 0 bridgehead atoms. The van der Waals surface area contributed by atoms with Crippen molar-refractivity contribution in [2.45, 2.75) is 14.4 Å². The molecule has 1 unspecified atom stereocenters.